The van der Waals surface area contributed by atoms with Crippen molar-refractivity contribution in [3.05, 3.63) is 47.4 Å². The number of benzene rings is 1. The molecule has 0 bridgehead atoms. The highest BCUT2D eigenvalue weighted by Gasteiger charge is 2.15. The van der Waals surface area contributed by atoms with E-state index >= 15 is 0 Å². The van der Waals surface area contributed by atoms with Gasteiger partial charge >= 0.3 is 0 Å². The molecule has 0 aliphatic rings. The summed E-state index contributed by atoms with van der Waals surface area (Å²) < 4.78 is 23.2. The second-order valence-electron chi connectivity index (χ2n) is 3.96. The smallest absolute Gasteiger partial charge is 0.224 e. The fourth-order valence-electron chi connectivity index (χ4n) is 1.53. The summed E-state index contributed by atoms with van der Waals surface area (Å²) in [5, 5.41) is 2.96. The van der Waals surface area contributed by atoms with Gasteiger partial charge in [0.2, 0.25) is 5.28 Å². The minimum Gasteiger partial charge on any atom is -0.365 e. The van der Waals surface area contributed by atoms with Gasteiger partial charge in [0.25, 0.3) is 0 Å². The maximum absolute atomic E-state index is 11.6. The van der Waals surface area contributed by atoms with Crippen molar-refractivity contribution in [2.24, 2.45) is 0 Å². The van der Waals surface area contributed by atoms with E-state index in [2.05, 4.69) is 15.3 Å². The summed E-state index contributed by atoms with van der Waals surface area (Å²) in [7, 11) is -3.40. The molecule has 0 fully saturated rings. The lowest BCUT2D eigenvalue weighted by atomic mass is 10.2. The van der Waals surface area contributed by atoms with Crippen molar-refractivity contribution >= 4 is 27.3 Å². The van der Waals surface area contributed by atoms with Gasteiger partial charge in [0.15, 0.2) is 9.84 Å². The van der Waals surface area contributed by atoms with E-state index in [1.165, 1.54) is 6.20 Å². The number of sulfone groups is 1. The Kier molecular flexibility index (Phi) is 4.01. The normalized spacial score (nSPS) is 11.3. The summed E-state index contributed by atoms with van der Waals surface area (Å²) in [6, 6.07) is 9.57. The van der Waals surface area contributed by atoms with Gasteiger partial charge in [0.1, 0.15) is 10.7 Å². The molecule has 0 unspecified atom stereocenters. The maximum atomic E-state index is 11.6. The number of aromatic nitrogens is 2. The molecule has 0 spiro atoms. The van der Waals surface area contributed by atoms with Gasteiger partial charge in [-0.3, -0.25) is 0 Å². The van der Waals surface area contributed by atoms with Crippen molar-refractivity contribution in [1.82, 2.24) is 9.97 Å². The Hall–Kier alpha value is -1.66. The lowest BCUT2D eigenvalue weighted by Crippen LogP contribution is -2.09. The molecule has 0 atom stereocenters. The second-order valence-corrected chi connectivity index (χ2v) is 6.29. The number of hydrogen-bond donors (Lipinski definition) is 1. The predicted octanol–water partition coefficient (Wildman–Crippen LogP) is 2.15. The zero-order chi connectivity index (χ0) is 13.9. The molecule has 1 aromatic heterocycles. The molecule has 2 rings (SSSR count). The minimum atomic E-state index is -3.40. The average molecular weight is 298 g/mol. The molecule has 0 saturated carbocycles. The van der Waals surface area contributed by atoms with Crippen LogP contribution in [0, 0.1) is 0 Å². The highest BCUT2D eigenvalue weighted by atomic mass is 35.5. The molecule has 5 nitrogen and oxygen atoms in total. The Balaban J connectivity index is 2.27. The van der Waals surface area contributed by atoms with Crippen LogP contribution in [0.5, 0.6) is 0 Å². The molecule has 2 aromatic rings. The van der Waals surface area contributed by atoms with E-state index in [0.29, 0.717) is 6.54 Å². The van der Waals surface area contributed by atoms with Crippen LogP contribution in [0.4, 0.5) is 5.82 Å². The number of nitrogens with zero attached hydrogens (tertiary/aromatic N) is 2. The molecule has 1 heterocycles. The number of anilines is 1. The Bertz CT molecular complexity index is 675. The summed E-state index contributed by atoms with van der Waals surface area (Å²) in [6.45, 7) is 0.455. The van der Waals surface area contributed by atoms with Crippen molar-refractivity contribution in [3.63, 3.8) is 0 Å². The van der Waals surface area contributed by atoms with Crippen LogP contribution < -0.4 is 5.32 Å². The van der Waals surface area contributed by atoms with E-state index in [9.17, 15) is 8.42 Å². The fraction of sp³-hybridized carbons (Fsp3) is 0.167. The van der Waals surface area contributed by atoms with Gasteiger partial charge in [-0.25, -0.2) is 13.4 Å². The third-order valence-corrected chi connectivity index (χ3v) is 3.71. The standard InChI is InChI=1S/C12H12ClN3O2S/c1-19(17,18)10-8-15-12(13)16-11(10)14-7-9-5-3-2-4-6-9/h2-6,8H,7H2,1H3,(H,14,15,16). The lowest BCUT2D eigenvalue weighted by molar-refractivity contribution is 0.601. The molecule has 1 N–H and O–H groups in total. The third kappa shape index (κ3) is 3.65. The first kappa shape index (κ1) is 13.8. The number of hydrogen-bond acceptors (Lipinski definition) is 5. The Morgan fingerprint density at radius 3 is 2.58 bits per heavy atom. The topological polar surface area (TPSA) is 72.0 Å². The van der Waals surface area contributed by atoms with Crippen LogP contribution in [-0.4, -0.2) is 24.6 Å². The Morgan fingerprint density at radius 1 is 1.26 bits per heavy atom. The van der Waals surface area contributed by atoms with Crippen LogP contribution in [0.15, 0.2) is 41.4 Å². The molecule has 0 aliphatic heterocycles. The van der Waals surface area contributed by atoms with Gasteiger partial charge in [-0.15, -0.1) is 0 Å². The quantitative estimate of drug-likeness (QED) is 0.876. The van der Waals surface area contributed by atoms with E-state index in [1.54, 1.807) is 0 Å². The van der Waals surface area contributed by atoms with E-state index in [0.717, 1.165) is 11.8 Å². The Labute approximate surface area is 116 Å². The number of halogens is 1. The lowest BCUT2D eigenvalue weighted by Gasteiger charge is -2.09. The molecule has 0 saturated heterocycles. The molecule has 0 aliphatic carbocycles. The van der Waals surface area contributed by atoms with Crippen LogP contribution in [0.2, 0.25) is 5.28 Å². The van der Waals surface area contributed by atoms with Crippen molar-refractivity contribution in [3.8, 4) is 0 Å². The average Bonchev–Trinajstić information content (AvgIpc) is 2.36. The summed E-state index contributed by atoms with van der Waals surface area (Å²) in [5.41, 5.74) is 1.01. The largest absolute Gasteiger partial charge is 0.365 e. The van der Waals surface area contributed by atoms with Crippen LogP contribution in [0.25, 0.3) is 0 Å². The summed E-state index contributed by atoms with van der Waals surface area (Å²) >= 11 is 5.69. The molecule has 0 amide bonds. The van der Waals surface area contributed by atoms with Crippen LogP contribution in [0.3, 0.4) is 0 Å². The van der Waals surface area contributed by atoms with Gasteiger partial charge in [0, 0.05) is 12.8 Å². The minimum absolute atomic E-state index is 0.00274. The van der Waals surface area contributed by atoms with E-state index < -0.39 is 9.84 Å². The first-order valence-electron chi connectivity index (χ1n) is 5.47. The predicted molar refractivity (Wildman–Crippen MR) is 73.9 cm³/mol. The van der Waals surface area contributed by atoms with Gasteiger partial charge in [-0.05, 0) is 17.2 Å². The summed E-state index contributed by atoms with van der Waals surface area (Å²) in [4.78, 5) is 7.65. The summed E-state index contributed by atoms with van der Waals surface area (Å²) in [5.74, 6) is 0.214. The maximum Gasteiger partial charge on any atom is 0.224 e. The third-order valence-electron chi connectivity index (χ3n) is 2.43. The molecular formula is C12H12ClN3O2S. The number of nitrogens with one attached hydrogen (secondary N) is 1. The van der Waals surface area contributed by atoms with Crippen molar-refractivity contribution in [2.45, 2.75) is 11.4 Å². The molecule has 7 heteroatoms. The van der Waals surface area contributed by atoms with E-state index in [-0.39, 0.29) is 16.0 Å². The van der Waals surface area contributed by atoms with Gasteiger partial charge in [0.05, 0.1) is 6.20 Å². The van der Waals surface area contributed by atoms with Crippen molar-refractivity contribution in [2.75, 3.05) is 11.6 Å². The fourth-order valence-corrected chi connectivity index (χ4v) is 2.38. The van der Waals surface area contributed by atoms with E-state index in [4.69, 9.17) is 11.6 Å². The summed E-state index contributed by atoms with van der Waals surface area (Å²) in [6.07, 6.45) is 2.31. The number of rotatable bonds is 4. The van der Waals surface area contributed by atoms with Crippen LogP contribution in [-0.2, 0) is 16.4 Å². The zero-order valence-electron chi connectivity index (χ0n) is 10.2. The van der Waals surface area contributed by atoms with Crippen LogP contribution >= 0.6 is 11.6 Å². The highest BCUT2D eigenvalue weighted by molar-refractivity contribution is 7.90. The first-order valence-corrected chi connectivity index (χ1v) is 7.74. The van der Waals surface area contributed by atoms with E-state index in [1.807, 2.05) is 30.3 Å². The molecule has 0 radical (unpaired) electrons. The van der Waals surface area contributed by atoms with Gasteiger partial charge in [-0.2, -0.15) is 4.98 Å². The molecule has 19 heavy (non-hydrogen) atoms. The second kappa shape index (κ2) is 5.54. The Morgan fingerprint density at radius 2 is 1.95 bits per heavy atom. The van der Waals surface area contributed by atoms with Gasteiger partial charge < -0.3 is 5.32 Å². The SMILES string of the molecule is CS(=O)(=O)c1cnc(Cl)nc1NCc1ccccc1. The molecule has 1 aromatic carbocycles. The van der Waals surface area contributed by atoms with Crippen molar-refractivity contribution < 1.29 is 8.42 Å². The molecular weight excluding hydrogens is 286 g/mol. The highest BCUT2D eigenvalue weighted by Crippen LogP contribution is 2.20. The first-order chi connectivity index (χ1) is 8.97. The molecule has 100 valence electrons. The monoisotopic (exact) mass is 297 g/mol. The van der Waals surface area contributed by atoms with Crippen LogP contribution in [0.1, 0.15) is 5.56 Å². The van der Waals surface area contributed by atoms with Gasteiger partial charge in [-0.1, -0.05) is 30.3 Å². The van der Waals surface area contributed by atoms with Crippen molar-refractivity contribution in [1.29, 1.82) is 0 Å². The zero-order valence-corrected chi connectivity index (χ0v) is 11.7.